The zero-order chi connectivity index (χ0) is 8.53. The first-order chi connectivity index (χ1) is 5.35. The number of nitrogens with zero attached hydrogens (tertiary/aromatic N) is 1. The van der Waals surface area contributed by atoms with Crippen molar-refractivity contribution in [2.45, 2.75) is 12.5 Å². The first-order valence-corrected chi connectivity index (χ1v) is 5.08. The Labute approximate surface area is 71.4 Å². The number of aliphatic hydroxyl groups is 2. The molecule has 4 heteroatoms. The Kier molecular flexibility index (Phi) is 8.27. The van der Waals surface area contributed by atoms with Crippen LogP contribution in [0, 0.1) is 0 Å². The van der Waals surface area contributed by atoms with Crippen LogP contribution in [0.1, 0.15) is 6.42 Å². The molecular weight excluding hydrogens is 158 g/mol. The minimum atomic E-state index is 0.187. The van der Waals surface area contributed by atoms with E-state index in [-0.39, 0.29) is 13.2 Å². The summed E-state index contributed by atoms with van der Waals surface area (Å²) in [5.74, 6) is 0. The van der Waals surface area contributed by atoms with E-state index in [9.17, 15) is 0 Å². The largest absolute Gasteiger partial charge is 0.395 e. The molecule has 0 fully saturated rings. The van der Waals surface area contributed by atoms with E-state index in [4.69, 9.17) is 10.2 Å². The van der Waals surface area contributed by atoms with Crippen LogP contribution >= 0.6 is 0 Å². The number of hydrogen-bond donors (Lipinski definition) is 2. The highest BCUT2D eigenvalue weighted by Gasteiger charge is 2.00. The summed E-state index contributed by atoms with van der Waals surface area (Å²) in [5.41, 5.74) is 0. The molecule has 0 bridgehead atoms. The van der Waals surface area contributed by atoms with E-state index in [1.54, 1.807) is 0 Å². The van der Waals surface area contributed by atoms with Gasteiger partial charge >= 0.3 is 0 Å². The molecule has 67 valence electrons. The van der Waals surface area contributed by atoms with Crippen molar-refractivity contribution in [3.8, 4) is 0 Å². The van der Waals surface area contributed by atoms with Crippen molar-refractivity contribution in [2.75, 3.05) is 32.8 Å². The summed E-state index contributed by atoms with van der Waals surface area (Å²) in [6, 6.07) is 1.19. The summed E-state index contributed by atoms with van der Waals surface area (Å²) < 4.78 is 0. The predicted molar refractivity (Wildman–Crippen MR) is 48.6 cm³/mol. The highest BCUT2D eigenvalue weighted by molar-refractivity contribution is 6.08. The Morgan fingerprint density at radius 2 is 1.55 bits per heavy atom. The third-order valence-corrected chi connectivity index (χ3v) is 2.06. The molecule has 0 heterocycles. The average Bonchev–Trinajstić information content (AvgIpc) is 2.01. The second kappa shape index (κ2) is 8.20. The van der Waals surface area contributed by atoms with Crippen LogP contribution in [-0.4, -0.2) is 58.2 Å². The van der Waals surface area contributed by atoms with Crippen LogP contribution in [0.25, 0.3) is 0 Å². The van der Waals surface area contributed by atoms with Crippen LogP contribution < -0.4 is 0 Å². The smallest absolute Gasteiger partial charge is 0.0558 e. The van der Waals surface area contributed by atoms with Gasteiger partial charge in [-0.05, 0) is 13.0 Å². The number of rotatable bonds is 7. The number of hydrogen-bond acceptors (Lipinski definition) is 3. The van der Waals surface area contributed by atoms with Gasteiger partial charge in [-0.3, -0.25) is 4.90 Å². The van der Waals surface area contributed by atoms with Crippen LogP contribution in [0.4, 0.5) is 0 Å². The van der Waals surface area contributed by atoms with E-state index in [1.807, 2.05) is 10.2 Å². The van der Waals surface area contributed by atoms with E-state index in [0.29, 0.717) is 13.1 Å². The van der Waals surface area contributed by atoms with Crippen molar-refractivity contribution in [3.05, 3.63) is 0 Å². The van der Waals surface area contributed by atoms with Crippen molar-refractivity contribution in [1.29, 1.82) is 0 Å². The standard InChI is InChI=1S/C7H18NO2Si/c9-5-3-8(4-6-10)2-1-7-11/h9-10H,1-7,11H2. The molecule has 0 spiro atoms. The van der Waals surface area contributed by atoms with Gasteiger partial charge in [-0.1, -0.05) is 6.04 Å². The fraction of sp³-hybridized carbons (Fsp3) is 1.00. The average molecular weight is 176 g/mol. The van der Waals surface area contributed by atoms with Gasteiger partial charge in [0, 0.05) is 23.3 Å². The zero-order valence-electron chi connectivity index (χ0n) is 7.00. The topological polar surface area (TPSA) is 43.7 Å². The van der Waals surface area contributed by atoms with Crippen LogP contribution in [0.15, 0.2) is 0 Å². The van der Waals surface area contributed by atoms with Gasteiger partial charge in [0.1, 0.15) is 0 Å². The minimum Gasteiger partial charge on any atom is -0.395 e. The van der Waals surface area contributed by atoms with Gasteiger partial charge in [0.25, 0.3) is 0 Å². The summed E-state index contributed by atoms with van der Waals surface area (Å²) in [5, 5.41) is 17.3. The fourth-order valence-electron chi connectivity index (χ4n) is 0.954. The van der Waals surface area contributed by atoms with Gasteiger partial charge in [0.2, 0.25) is 0 Å². The molecule has 0 saturated carbocycles. The Hall–Kier alpha value is 0.0969. The van der Waals surface area contributed by atoms with E-state index in [2.05, 4.69) is 4.90 Å². The highest BCUT2D eigenvalue weighted by atomic mass is 28.1. The predicted octanol–water partition coefficient (Wildman–Crippen LogP) is -1.29. The molecule has 3 nitrogen and oxygen atoms in total. The summed E-state index contributed by atoms with van der Waals surface area (Å²) in [6.45, 7) is 2.73. The van der Waals surface area contributed by atoms with Crippen molar-refractivity contribution in [1.82, 2.24) is 4.90 Å². The Morgan fingerprint density at radius 3 is 1.91 bits per heavy atom. The van der Waals surface area contributed by atoms with Gasteiger partial charge in [0.05, 0.1) is 13.2 Å². The maximum Gasteiger partial charge on any atom is 0.0558 e. The highest BCUT2D eigenvalue weighted by Crippen LogP contribution is 1.92. The maximum absolute atomic E-state index is 8.64. The minimum absolute atomic E-state index is 0.187. The summed E-state index contributed by atoms with van der Waals surface area (Å²) in [4.78, 5) is 2.08. The van der Waals surface area contributed by atoms with Gasteiger partial charge in [0.15, 0.2) is 0 Å². The SMILES string of the molecule is OCCN(CCO)CCC[SiH2]. The van der Waals surface area contributed by atoms with Crippen LogP contribution in [-0.2, 0) is 0 Å². The zero-order valence-corrected chi connectivity index (χ0v) is 8.41. The van der Waals surface area contributed by atoms with Crippen LogP contribution in [0.5, 0.6) is 0 Å². The molecule has 0 aromatic heterocycles. The lowest BCUT2D eigenvalue weighted by Crippen LogP contribution is -2.30. The second-order valence-corrected chi connectivity index (χ2v) is 3.20. The lowest BCUT2D eigenvalue weighted by atomic mass is 10.4. The lowest BCUT2D eigenvalue weighted by molar-refractivity contribution is 0.161. The normalized spacial score (nSPS) is 10.9. The molecule has 0 aliphatic carbocycles. The monoisotopic (exact) mass is 176 g/mol. The van der Waals surface area contributed by atoms with Gasteiger partial charge in [-0.15, -0.1) is 0 Å². The van der Waals surface area contributed by atoms with E-state index in [0.717, 1.165) is 13.0 Å². The third-order valence-electron chi connectivity index (χ3n) is 1.56. The number of aliphatic hydroxyl groups excluding tert-OH is 2. The molecule has 0 amide bonds. The summed E-state index contributed by atoms with van der Waals surface area (Å²) >= 11 is 0. The molecule has 1 radical (unpaired) electrons. The first kappa shape index (κ1) is 11.1. The molecular formula is C7H18NO2Si. The molecule has 0 aliphatic heterocycles. The van der Waals surface area contributed by atoms with Crippen molar-refractivity contribution in [2.24, 2.45) is 0 Å². The first-order valence-electron chi connectivity index (χ1n) is 4.08. The summed E-state index contributed by atoms with van der Waals surface area (Å²) in [6.07, 6.45) is 1.15. The van der Waals surface area contributed by atoms with Crippen LogP contribution in [0.2, 0.25) is 6.04 Å². The van der Waals surface area contributed by atoms with E-state index < -0.39 is 0 Å². The molecule has 0 aromatic carbocycles. The molecule has 0 atom stereocenters. The molecule has 0 aliphatic rings. The molecule has 0 rings (SSSR count). The van der Waals surface area contributed by atoms with Gasteiger partial charge in [-0.2, -0.15) is 0 Å². The van der Waals surface area contributed by atoms with Gasteiger partial charge < -0.3 is 10.2 Å². The Morgan fingerprint density at radius 1 is 1.00 bits per heavy atom. The van der Waals surface area contributed by atoms with Crippen molar-refractivity contribution < 1.29 is 10.2 Å². The summed E-state index contributed by atoms with van der Waals surface area (Å²) in [7, 11) is 1.96. The molecule has 0 unspecified atom stereocenters. The van der Waals surface area contributed by atoms with Crippen molar-refractivity contribution in [3.63, 3.8) is 0 Å². The Bertz CT molecular complexity index is 76.8. The third kappa shape index (κ3) is 6.49. The van der Waals surface area contributed by atoms with E-state index >= 15 is 0 Å². The molecule has 11 heavy (non-hydrogen) atoms. The Balaban J connectivity index is 3.34. The molecule has 0 aromatic rings. The van der Waals surface area contributed by atoms with E-state index in [1.165, 1.54) is 6.04 Å². The fourth-order valence-corrected chi connectivity index (χ4v) is 1.18. The second-order valence-electron chi connectivity index (χ2n) is 2.50. The lowest BCUT2D eigenvalue weighted by Gasteiger charge is -2.19. The van der Waals surface area contributed by atoms with Crippen LogP contribution in [0.3, 0.4) is 0 Å². The van der Waals surface area contributed by atoms with Gasteiger partial charge in [-0.25, -0.2) is 0 Å². The molecule has 0 saturated heterocycles. The van der Waals surface area contributed by atoms with Crippen molar-refractivity contribution >= 4 is 10.2 Å². The molecule has 2 N–H and O–H groups in total. The maximum atomic E-state index is 8.64. The quantitative estimate of drug-likeness (QED) is 0.475.